The molecule has 0 radical (unpaired) electrons. The topological polar surface area (TPSA) is 59.4 Å². The number of aliphatic hydroxyl groups is 1. The Bertz CT molecular complexity index is 1440. The second-order valence-corrected chi connectivity index (χ2v) is 11.8. The highest BCUT2D eigenvalue weighted by Gasteiger charge is 2.39. The van der Waals surface area contributed by atoms with E-state index < -0.39 is 0 Å². The number of carbonyl (C=O) groups is 1. The maximum atomic E-state index is 13.9. The third-order valence-electron chi connectivity index (χ3n) is 6.83. The first kappa shape index (κ1) is 27.6. The van der Waals surface area contributed by atoms with E-state index in [9.17, 15) is 9.90 Å². The molecule has 2 aliphatic rings. The third kappa shape index (κ3) is 5.84. The molecule has 3 aromatic rings. The molecule has 3 aromatic carbocycles. The van der Waals surface area contributed by atoms with Crippen LogP contribution in [0.3, 0.4) is 0 Å². The van der Waals surface area contributed by atoms with Gasteiger partial charge in [0.05, 0.1) is 23.0 Å². The van der Waals surface area contributed by atoms with Gasteiger partial charge in [0, 0.05) is 42.3 Å². The first-order valence-electron chi connectivity index (χ1n) is 12.9. The number of aryl methyl sites for hydroxylation is 1. The van der Waals surface area contributed by atoms with Crippen LogP contribution < -0.4 is 9.80 Å². The zero-order chi connectivity index (χ0) is 27.5. The fourth-order valence-electron chi connectivity index (χ4n) is 4.68. The van der Waals surface area contributed by atoms with Crippen LogP contribution in [0.15, 0.2) is 86.6 Å². The Morgan fingerprint density at radius 3 is 2.56 bits per heavy atom. The standard InChI is InChI=1S/C30H31ClN4O2S2/c1-4-34(16-17-36)23-11-12-24(20(2)18-23)32-30-35(15-14-21-8-6-5-7-9-21)28(37)27(39-30)29-33(3)25-19-22(31)10-13-26(25)38-29/h5-13,18-19,36H,4,14-17H2,1-3H3. The number of halogens is 1. The molecule has 0 atom stereocenters. The fourth-order valence-corrected chi connectivity index (χ4v) is 7.18. The summed E-state index contributed by atoms with van der Waals surface area (Å²) < 4.78 is 0. The summed E-state index contributed by atoms with van der Waals surface area (Å²) in [6, 6.07) is 22.1. The van der Waals surface area contributed by atoms with E-state index in [1.54, 1.807) is 11.8 Å². The van der Waals surface area contributed by atoms with Crippen LogP contribution in [-0.4, -0.2) is 54.4 Å². The van der Waals surface area contributed by atoms with Gasteiger partial charge in [0.1, 0.15) is 4.91 Å². The molecule has 0 aliphatic carbocycles. The average Bonchev–Trinajstić information content (AvgIpc) is 3.42. The SMILES string of the molecule is CCN(CCO)c1ccc(N=C2SC(=C3Sc4ccc(Cl)cc4N3C)C(=O)N2CCc2ccccc2)c(C)c1. The number of rotatable bonds is 8. The number of hydrogen-bond acceptors (Lipinski definition) is 7. The van der Waals surface area contributed by atoms with Crippen molar-refractivity contribution in [1.82, 2.24) is 4.90 Å². The normalized spacial score (nSPS) is 17.9. The van der Waals surface area contributed by atoms with E-state index in [0.717, 1.165) is 45.5 Å². The lowest BCUT2D eigenvalue weighted by molar-refractivity contribution is -0.122. The summed E-state index contributed by atoms with van der Waals surface area (Å²) >= 11 is 9.29. The fraction of sp³-hybridized carbons (Fsp3) is 0.267. The van der Waals surface area contributed by atoms with Crippen molar-refractivity contribution in [3.05, 3.63) is 92.8 Å². The van der Waals surface area contributed by atoms with Crippen molar-refractivity contribution in [2.45, 2.75) is 25.2 Å². The first-order chi connectivity index (χ1) is 18.9. The van der Waals surface area contributed by atoms with Crippen LogP contribution >= 0.6 is 35.1 Å². The molecule has 0 aromatic heterocycles. The van der Waals surface area contributed by atoms with Crippen molar-refractivity contribution >= 4 is 63.3 Å². The van der Waals surface area contributed by atoms with Gasteiger partial charge in [0.25, 0.3) is 5.91 Å². The second kappa shape index (κ2) is 12.1. The number of amides is 1. The highest BCUT2D eigenvalue weighted by molar-refractivity contribution is 8.19. The van der Waals surface area contributed by atoms with Crippen molar-refractivity contribution in [2.24, 2.45) is 4.99 Å². The lowest BCUT2D eigenvalue weighted by Gasteiger charge is -2.23. The second-order valence-electron chi connectivity index (χ2n) is 9.37. The Labute approximate surface area is 243 Å². The molecular weight excluding hydrogens is 548 g/mol. The van der Waals surface area contributed by atoms with Crippen molar-refractivity contribution in [3.8, 4) is 0 Å². The van der Waals surface area contributed by atoms with Crippen LogP contribution in [0, 0.1) is 6.92 Å². The van der Waals surface area contributed by atoms with E-state index in [1.165, 1.54) is 17.3 Å². The lowest BCUT2D eigenvalue weighted by Crippen LogP contribution is -2.31. The Hall–Kier alpha value is -2.91. The molecule has 0 spiro atoms. The molecular formula is C30H31ClN4O2S2. The zero-order valence-corrected chi connectivity index (χ0v) is 24.6. The highest BCUT2D eigenvalue weighted by atomic mass is 35.5. The number of aliphatic imine (C=N–C) groups is 1. The van der Waals surface area contributed by atoms with Crippen LogP contribution in [-0.2, 0) is 11.2 Å². The van der Waals surface area contributed by atoms with Gasteiger partial charge >= 0.3 is 0 Å². The number of thioether (sulfide) groups is 2. The molecule has 0 unspecified atom stereocenters. The first-order valence-corrected chi connectivity index (χ1v) is 14.9. The molecule has 1 fully saturated rings. The lowest BCUT2D eigenvalue weighted by atomic mass is 10.1. The van der Waals surface area contributed by atoms with Crippen LogP contribution in [0.1, 0.15) is 18.1 Å². The number of hydrogen-bond donors (Lipinski definition) is 1. The van der Waals surface area contributed by atoms with E-state index in [2.05, 4.69) is 30.0 Å². The Balaban J connectivity index is 1.49. The number of benzene rings is 3. The van der Waals surface area contributed by atoms with Crippen LogP contribution in [0.4, 0.5) is 17.1 Å². The van der Waals surface area contributed by atoms with Crippen molar-refractivity contribution in [1.29, 1.82) is 0 Å². The molecule has 0 bridgehead atoms. The molecule has 2 aliphatic heterocycles. The molecule has 5 rings (SSSR count). The minimum absolute atomic E-state index is 0.0303. The van der Waals surface area contributed by atoms with Gasteiger partial charge in [-0.2, -0.15) is 0 Å². The minimum Gasteiger partial charge on any atom is -0.395 e. The smallest absolute Gasteiger partial charge is 0.269 e. The summed E-state index contributed by atoms with van der Waals surface area (Å²) in [4.78, 5) is 26.6. The molecule has 9 heteroatoms. The summed E-state index contributed by atoms with van der Waals surface area (Å²) in [5, 5.41) is 11.7. The largest absolute Gasteiger partial charge is 0.395 e. The minimum atomic E-state index is -0.0303. The van der Waals surface area contributed by atoms with Gasteiger partial charge in [-0.1, -0.05) is 53.7 Å². The van der Waals surface area contributed by atoms with Crippen molar-refractivity contribution in [2.75, 3.05) is 43.1 Å². The molecule has 2 heterocycles. The van der Waals surface area contributed by atoms with Crippen LogP contribution in [0.5, 0.6) is 0 Å². The van der Waals surface area contributed by atoms with E-state index in [-0.39, 0.29) is 12.5 Å². The van der Waals surface area contributed by atoms with Gasteiger partial charge in [0.2, 0.25) is 0 Å². The third-order valence-corrected chi connectivity index (χ3v) is 9.50. The Morgan fingerprint density at radius 2 is 1.85 bits per heavy atom. The molecule has 6 nitrogen and oxygen atoms in total. The summed E-state index contributed by atoms with van der Waals surface area (Å²) in [6.45, 7) is 6.13. The predicted octanol–water partition coefficient (Wildman–Crippen LogP) is 6.68. The molecule has 0 saturated carbocycles. The summed E-state index contributed by atoms with van der Waals surface area (Å²) in [5.74, 6) is -0.0303. The monoisotopic (exact) mass is 578 g/mol. The number of nitrogens with zero attached hydrogens (tertiary/aromatic N) is 4. The van der Waals surface area contributed by atoms with Crippen LogP contribution in [0.2, 0.25) is 5.02 Å². The maximum Gasteiger partial charge on any atom is 0.269 e. The van der Waals surface area contributed by atoms with Gasteiger partial charge in [-0.05, 0) is 79.6 Å². The summed E-state index contributed by atoms with van der Waals surface area (Å²) in [6.07, 6.45) is 0.734. The number of carbonyl (C=O) groups excluding carboxylic acids is 1. The van der Waals surface area contributed by atoms with E-state index in [4.69, 9.17) is 16.6 Å². The molecule has 1 N–H and O–H groups in total. The Kier molecular flexibility index (Phi) is 8.57. The van der Waals surface area contributed by atoms with E-state index in [0.29, 0.717) is 28.2 Å². The number of aliphatic hydroxyl groups excluding tert-OH is 1. The van der Waals surface area contributed by atoms with Crippen molar-refractivity contribution in [3.63, 3.8) is 0 Å². The van der Waals surface area contributed by atoms with E-state index in [1.807, 2.05) is 72.3 Å². The highest BCUT2D eigenvalue weighted by Crippen LogP contribution is 2.50. The number of fused-ring (bicyclic) bond motifs is 1. The van der Waals surface area contributed by atoms with Gasteiger partial charge in [-0.3, -0.25) is 9.69 Å². The summed E-state index contributed by atoms with van der Waals surface area (Å²) in [5.41, 5.74) is 5.07. The molecule has 202 valence electrons. The van der Waals surface area contributed by atoms with Crippen molar-refractivity contribution < 1.29 is 9.90 Å². The summed E-state index contributed by atoms with van der Waals surface area (Å²) in [7, 11) is 1.98. The molecule has 39 heavy (non-hydrogen) atoms. The van der Waals surface area contributed by atoms with Gasteiger partial charge in [-0.15, -0.1) is 0 Å². The number of anilines is 2. The Morgan fingerprint density at radius 1 is 1.05 bits per heavy atom. The average molecular weight is 579 g/mol. The molecule has 1 amide bonds. The van der Waals surface area contributed by atoms with Crippen LogP contribution in [0.25, 0.3) is 0 Å². The quantitative estimate of drug-likeness (QED) is 0.301. The predicted molar refractivity (Wildman–Crippen MR) is 165 cm³/mol. The van der Waals surface area contributed by atoms with E-state index >= 15 is 0 Å². The van der Waals surface area contributed by atoms with Gasteiger partial charge in [-0.25, -0.2) is 4.99 Å². The van der Waals surface area contributed by atoms with Gasteiger partial charge < -0.3 is 14.9 Å². The maximum absolute atomic E-state index is 13.9. The number of amidine groups is 1. The van der Waals surface area contributed by atoms with Gasteiger partial charge in [0.15, 0.2) is 5.17 Å². The number of likely N-dealkylation sites (N-methyl/N-ethyl adjacent to an activating group) is 1. The molecule has 1 saturated heterocycles. The zero-order valence-electron chi connectivity index (χ0n) is 22.2.